The fraction of sp³-hybridized carbons (Fsp3) is 0.600. The minimum atomic E-state index is 0.321. The van der Waals surface area contributed by atoms with Gasteiger partial charge in [0.1, 0.15) is 5.82 Å². The zero-order valence-corrected chi connectivity index (χ0v) is 9.62. The predicted molar refractivity (Wildman–Crippen MR) is 62.8 cm³/mol. The van der Waals surface area contributed by atoms with Crippen LogP contribution in [0.5, 0.6) is 0 Å². The Labute approximate surface area is 90.7 Å². The molecule has 1 rings (SSSR count). The van der Waals surface area contributed by atoms with Crippen LogP contribution in [0, 0.1) is 6.92 Å². The van der Waals surface area contributed by atoms with Crippen LogP contribution in [-0.4, -0.2) is 41.5 Å². The van der Waals surface area contributed by atoms with Gasteiger partial charge in [0, 0.05) is 24.8 Å². The summed E-state index contributed by atoms with van der Waals surface area (Å²) in [5, 5.41) is 3.22. The van der Waals surface area contributed by atoms with Crippen molar-refractivity contribution in [3.05, 3.63) is 11.8 Å². The number of nitrogens with zero attached hydrogens (tertiary/aromatic N) is 3. The van der Waals surface area contributed by atoms with E-state index < -0.39 is 0 Å². The molecule has 0 aliphatic rings. The van der Waals surface area contributed by atoms with E-state index in [4.69, 9.17) is 5.73 Å². The van der Waals surface area contributed by atoms with Gasteiger partial charge in [-0.2, -0.15) is 4.98 Å². The molecule has 0 saturated carbocycles. The van der Waals surface area contributed by atoms with Crippen molar-refractivity contribution in [3.8, 4) is 0 Å². The summed E-state index contributed by atoms with van der Waals surface area (Å²) in [4.78, 5) is 10.3. The van der Waals surface area contributed by atoms with E-state index in [9.17, 15) is 0 Å². The molecule has 5 nitrogen and oxygen atoms in total. The molecule has 0 unspecified atom stereocenters. The van der Waals surface area contributed by atoms with Gasteiger partial charge >= 0.3 is 0 Å². The van der Waals surface area contributed by atoms with E-state index in [1.807, 2.05) is 13.0 Å². The zero-order chi connectivity index (χ0) is 11.3. The van der Waals surface area contributed by atoms with E-state index in [1.165, 1.54) is 0 Å². The van der Waals surface area contributed by atoms with Crippen LogP contribution in [0.3, 0.4) is 0 Å². The fourth-order valence-electron chi connectivity index (χ4n) is 1.22. The molecule has 0 amide bonds. The maximum absolute atomic E-state index is 5.54. The Kier molecular flexibility index (Phi) is 4.30. The Morgan fingerprint density at radius 3 is 2.80 bits per heavy atom. The normalized spacial score (nSPS) is 10.7. The van der Waals surface area contributed by atoms with E-state index in [1.54, 1.807) is 0 Å². The van der Waals surface area contributed by atoms with E-state index in [0.29, 0.717) is 5.95 Å². The quantitative estimate of drug-likeness (QED) is 0.748. The van der Waals surface area contributed by atoms with Crippen LogP contribution in [-0.2, 0) is 0 Å². The lowest BCUT2D eigenvalue weighted by Crippen LogP contribution is -2.25. The molecule has 0 atom stereocenters. The molecule has 84 valence electrons. The molecule has 1 aromatic heterocycles. The van der Waals surface area contributed by atoms with E-state index in [2.05, 4.69) is 34.2 Å². The molecule has 1 heterocycles. The van der Waals surface area contributed by atoms with Crippen LogP contribution in [0.15, 0.2) is 6.07 Å². The molecule has 5 heteroatoms. The average molecular weight is 209 g/mol. The second-order valence-electron chi connectivity index (χ2n) is 3.58. The smallest absolute Gasteiger partial charge is 0.222 e. The molecular formula is C10H19N5. The van der Waals surface area contributed by atoms with Gasteiger partial charge < -0.3 is 16.0 Å². The van der Waals surface area contributed by atoms with E-state index in [-0.39, 0.29) is 0 Å². The third-order valence-electron chi connectivity index (χ3n) is 2.21. The topological polar surface area (TPSA) is 67.1 Å². The van der Waals surface area contributed by atoms with Gasteiger partial charge in [-0.3, -0.25) is 0 Å². The molecule has 0 spiro atoms. The van der Waals surface area contributed by atoms with Crippen molar-refractivity contribution in [2.24, 2.45) is 0 Å². The highest BCUT2D eigenvalue weighted by atomic mass is 15.1. The van der Waals surface area contributed by atoms with Gasteiger partial charge in [0.25, 0.3) is 0 Å². The zero-order valence-electron chi connectivity index (χ0n) is 9.62. The van der Waals surface area contributed by atoms with Gasteiger partial charge in [0.05, 0.1) is 0 Å². The van der Waals surface area contributed by atoms with Crippen LogP contribution in [0.4, 0.5) is 11.8 Å². The highest BCUT2D eigenvalue weighted by Gasteiger charge is 1.99. The summed E-state index contributed by atoms with van der Waals surface area (Å²) in [6, 6.07) is 1.89. The van der Waals surface area contributed by atoms with Crippen molar-refractivity contribution < 1.29 is 0 Å². The molecule has 0 fully saturated rings. The molecule has 0 aromatic carbocycles. The lowest BCUT2D eigenvalue weighted by atomic mass is 10.4. The SMILES string of the molecule is CCN(C)CCNc1cc(C)nc(N)n1. The molecule has 0 aliphatic heterocycles. The van der Waals surface area contributed by atoms with Gasteiger partial charge in [-0.25, -0.2) is 4.98 Å². The van der Waals surface area contributed by atoms with E-state index in [0.717, 1.165) is 31.1 Å². The highest BCUT2D eigenvalue weighted by molar-refractivity contribution is 5.40. The Balaban J connectivity index is 2.43. The number of nitrogen functional groups attached to an aromatic ring is 1. The average Bonchev–Trinajstić information content (AvgIpc) is 2.16. The van der Waals surface area contributed by atoms with Gasteiger partial charge in [-0.15, -0.1) is 0 Å². The number of hydrogen-bond acceptors (Lipinski definition) is 5. The summed E-state index contributed by atoms with van der Waals surface area (Å²) in [5.41, 5.74) is 6.43. The molecule has 0 aliphatic carbocycles. The number of anilines is 2. The first kappa shape index (κ1) is 11.7. The standard InChI is InChI=1S/C10H19N5/c1-4-15(3)6-5-12-9-7-8(2)13-10(11)14-9/h7H,4-6H2,1-3H3,(H3,11,12,13,14). The van der Waals surface area contributed by atoms with Gasteiger partial charge in [-0.1, -0.05) is 6.92 Å². The number of nitrogens with one attached hydrogen (secondary N) is 1. The van der Waals surface area contributed by atoms with Crippen LogP contribution in [0.1, 0.15) is 12.6 Å². The Bertz CT molecular complexity index is 292. The second kappa shape index (κ2) is 5.50. The first-order valence-electron chi connectivity index (χ1n) is 5.15. The van der Waals surface area contributed by atoms with Crippen LogP contribution >= 0.6 is 0 Å². The molecule has 0 bridgehead atoms. The first-order chi connectivity index (χ1) is 7.11. The largest absolute Gasteiger partial charge is 0.369 e. The minimum Gasteiger partial charge on any atom is -0.369 e. The molecule has 1 aromatic rings. The maximum Gasteiger partial charge on any atom is 0.222 e. The summed E-state index contributed by atoms with van der Waals surface area (Å²) in [5.74, 6) is 1.12. The lowest BCUT2D eigenvalue weighted by Gasteiger charge is -2.14. The van der Waals surface area contributed by atoms with Crippen LogP contribution in [0.25, 0.3) is 0 Å². The van der Waals surface area contributed by atoms with Crippen LogP contribution in [0.2, 0.25) is 0 Å². The molecule has 0 saturated heterocycles. The minimum absolute atomic E-state index is 0.321. The second-order valence-corrected chi connectivity index (χ2v) is 3.58. The molecule has 15 heavy (non-hydrogen) atoms. The van der Waals surface area contributed by atoms with Crippen molar-refractivity contribution in [1.82, 2.24) is 14.9 Å². The Hall–Kier alpha value is -1.36. The number of hydrogen-bond donors (Lipinski definition) is 2. The molecular weight excluding hydrogens is 190 g/mol. The third-order valence-corrected chi connectivity index (χ3v) is 2.21. The van der Waals surface area contributed by atoms with E-state index >= 15 is 0 Å². The Morgan fingerprint density at radius 1 is 1.47 bits per heavy atom. The third kappa shape index (κ3) is 4.12. The van der Waals surface area contributed by atoms with Crippen molar-refractivity contribution in [2.75, 3.05) is 37.7 Å². The summed E-state index contributed by atoms with van der Waals surface area (Å²) in [7, 11) is 2.08. The number of aromatic nitrogens is 2. The van der Waals surface area contributed by atoms with Gasteiger partial charge in [0.15, 0.2) is 0 Å². The Morgan fingerprint density at radius 2 is 2.20 bits per heavy atom. The first-order valence-corrected chi connectivity index (χ1v) is 5.15. The van der Waals surface area contributed by atoms with Crippen molar-refractivity contribution in [2.45, 2.75) is 13.8 Å². The highest BCUT2D eigenvalue weighted by Crippen LogP contribution is 2.06. The predicted octanol–water partition coefficient (Wildman–Crippen LogP) is 0.731. The number of aryl methyl sites for hydroxylation is 1. The summed E-state index contributed by atoms with van der Waals surface area (Å²) >= 11 is 0. The summed E-state index contributed by atoms with van der Waals surface area (Å²) in [6.07, 6.45) is 0. The molecule has 3 N–H and O–H groups in total. The van der Waals surface area contributed by atoms with Crippen molar-refractivity contribution in [1.29, 1.82) is 0 Å². The monoisotopic (exact) mass is 209 g/mol. The lowest BCUT2D eigenvalue weighted by molar-refractivity contribution is 0.367. The van der Waals surface area contributed by atoms with Gasteiger partial charge in [0.2, 0.25) is 5.95 Å². The number of nitrogens with two attached hydrogens (primary N) is 1. The van der Waals surface area contributed by atoms with Gasteiger partial charge in [-0.05, 0) is 20.5 Å². The summed E-state index contributed by atoms with van der Waals surface area (Å²) in [6.45, 7) is 6.93. The maximum atomic E-state index is 5.54. The molecule has 0 radical (unpaired) electrons. The number of rotatable bonds is 5. The summed E-state index contributed by atoms with van der Waals surface area (Å²) < 4.78 is 0. The van der Waals surface area contributed by atoms with Crippen molar-refractivity contribution >= 4 is 11.8 Å². The van der Waals surface area contributed by atoms with Crippen LogP contribution < -0.4 is 11.1 Å². The fourth-order valence-corrected chi connectivity index (χ4v) is 1.22. The number of likely N-dealkylation sites (N-methyl/N-ethyl adjacent to an activating group) is 1. The van der Waals surface area contributed by atoms with Crippen molar-refractivity contribution in [3.63, 3.8) is 0 Å².